The Labute approximate surface area is 150 Å². The number of rotatable bonds is 5. The molecule has 8 heteroatoms. The van der Waals surface area contributed by atoms with E-state index in [1.807, 2.05) is 30.5 Å². The maximum absolute atomic E-state index is 12.2. The predicted octanol–water partition coefficient (Wildman–Crippen LogP) is 2.35. The monoisotopic (exact) mass is 359 g/mol. The van der Waals surface area contributed by atoms with Crippen LogP contribution in [0.25, 0.3) is 5.69 Å². The number of carbonyl (C=O) groups excluding carboxylic acids is 2. The molecular weight excluding hydrogens is 338 g/mol. The number of benzene rings is 1. The van der Waals surface area contributed by atoms with Crippen molar-refractivity contribution >= 4 is 23.7 Å². The van der Waals surface area contributed by atoms with Crippen LogP contribution in [0.4, 0.5) is 4.79 Å². The smallest absolute Gasteiger partial charge is 0.321 e. The minimum atomic E-state index is -0.473. The Morgan fingerprint density at radius 1 is 1.32 bits per heavy atom. The van der Waals surface area contributed by atoms with Gasteiger partial charge in [0.25, 0.3) is 0 Å². The van der Waals surface area contributed by atoms with E-state index in [9.17, 15) is 9.59 Å². The first kappa shape index (κ1) is 17.5. The molecule has 0 saturated heterocycles. The highest BCUT2D eigenvalue weighted by molar-refractivity contribution is 8.00. The van der Waals surface area contributed by atoms with Crippen LogP contribution in [0.5, 0.6) is 0 Å². The Morgan fingerprint density at radius 2 is 2.08 bits per heavy atom. The quantitative estimate of drug-likeness (QED) is 0.800. The van der Waals surface area contributed by atoms with Crippen LogP contribution in [0.3, 0.4) is 0 Å². The molecule has 2 aromatic rings. The number of thioether (sulfide) groups is 1. The molecule has 0 aliphatic heterocycles. The summed E-state index contributed by atoms with van der Waals surface area (Å²) in [6.07, 6.45) is 3.58. The molecule has 132 valence electrons. The van der Waals surface area contributed by atoms with Crippen molar-refractivity contribution in [1.29, 1.82) is 0 Å². The third-order valence-electron chi connectivity index (χ3n) is 3.93. The molecule has 0 bridgehead atoms. The van der Waals surface area contributed by atoms with Crippen LogP contribution in [-0.2, 0) is 4.79 Å². The van der Waals surface area contributed by atoms with E-state index < -0.39 is 11.3 Å². The maximum Gasteiger partial charge on any atom is 0.321 e. The molecule has 1 aromatic carbocycles. The van der Waals surface area contributed by atoms with Gasteiger partial charge in [0.15, 0.2) is 5.16 Å². The molecule has 7 nitrogen and oxygen atoms in total. The van der Waals surface area contributed by atoms with Crippen molar-refractivity contribution < 1.29 is 9.59 Å². The molecular formula is C17H21N5O2S. The molecule has 1 aliphatic carbocycles. The number of aromatic nitrogens is 3. The predicted molar refractivity (Wildman–Crippen MR) is 95.8 cm³/mol. The lowest BCUT2D eigenvalue weighted by Gasteiger charge is -2.13. The molecule has 2 N–H and O–H groups in total. The Morgan fingerprint density at radius 3 is 2.76 bits per heavy atom. The van der Waals surface area contributed by atoms with Gasteiger partial charge in [0.1, 0.15) is 6.33 Å². The van der Waals surface area contributed by atoms with Crippen molar-refractivity contribution in [2.75, 3.05) is 0 Å². The first-order chi connectivity index (χ1) is 11.9. The van der Waals surface area contributed by atoms with E-state index in [-0.39, 0.29) is 11.9 Å². The zero-order valence-corrected chi connectivity index (χ0v) is 15.3. The minimum absolute atomic E-state index is 0.211. The van der Waals surface area contributed by atoms with Gasteiger partial charge in [-0.15, -0.1) is 10.2 Å². The highest BCUT2D eigenvalue weighted by Crippen LogP contribution is 2.26. The summed E-state index contributed by atoms with van der Waals surface area (Å²) in [5.74, 6) is -0.349. The third kappa shape index (κ3) is 4.39. The summed E-state index contributed by atoms with van der Waals surface area (Å²) in [5, 5.41) is 13.3. The molecule has 1 unspecified atom stereocenters. The first-order valence-corrected chi connectivity index (χ1v) is 9.07. The number of amides is 3. The largest absolute Gasteiger partial charge is 0.335 e. The van der Waals surface area contributed by atoms with Crippen molar-refractivity contribution in [3.63, 3.8) is 0 Å². The Balaban J connectivity index is 1.67. The number of hydrogen-bond donors (Lipinski definition) is 2. The molecule has 0 radical (unpaired) electrons. The van der Waals surface area contributed by atoms with Crippen LogP contribution in [0.1, 0.15) is 30.9 Å². The van der Waals surface area contributed by atoms with Crippen LogP contribution < -0.4 is 10.6 Å². The second-order valence-corrected chi connectivity index (χ2v) is 7.58. The minimum Gasteiger partial charge on any atom is -0.335 e. The second kappa shape index (κ2) is 7.26. The van der Waals surface area contributed by atoms with Gasteiger partial charge in [-0.3, -0.25) is 14.7 Å². The molecule has 1 atom stereocenters. The van der Waals surface area contributed by atoms with Crippen molar-refractivity contribution in [2.45, 2.75) is 50.1 Å². The Kier molecular flexibility index (Phi) is 5.08. The normalized spacial score (nSPS) is 14.8. The molecule has 1 aromatic heterocycles. The Hall–Kier alpha value is -2.35. The molecule has 3 amide bonds. The summed E-state index contributed by atoms with van der Waals surface area (Å²) in [4.78, 5) is 23.9. The number of nitrogens with zero attached hydrogens (tertiary/aromatic N) is 3. The average Bonchev–Trinajstić information content (AvgIpc) is 3.24. The van der Waals surface area contributed by atoms with Gasteiger partial charge < -0.3 is 5.32 Å². The molecule has 1 fully saturated rings. The maximum atomic E-state index is 12.2. The number of carbonyl (C=O) groups is 2. The number of urea groups is 1. The zero-order valence-electron chi connectivity index (χ0n) is 14.4. The van der Waals surface area contributed by atoms with Crippen molar-refractivity contribution in [3.8, 4) is 5.69 Å². The van der Waals surface area contributed by atoms with Gasteiger partial charge >= 0.3 is 6.03 Å². The van der Waals surface area contributed by atoms with Crippen LogP contribution in [0, 0.1) is 13.8 Å². The van der Waals surface area contributed by atoms with Crippen LogP contribution in [0.15, 0.2) is 29.7 Å². The fourth-order valence-electron chi connectivity index (χ4n) is 2.42. The van der Waals surface area contributed by atoms with Gasteiger partial charge in [0.2, 0.25) is 5.91 Å². The number of aryl methyl sites for hydroxylation is 2. The molecule has 1 saturated carbocycles. The molecule has 0 spiro atoms. The van der Waals surface area contributed by atoms with Crippen molar-refractivity contribution in [2.24, 2.45) is 0 Å². The van der Waals surface area contributed by atoms with Crippen LogP contribution in [-0.4, -0.2) is 38.0 Å². The molecule has 1 heterocycles. The van der Waals surface area contributed by atoms with E-state index in [0.29, 0.717) is 5.16 Å². The topological polar surface area (TPSA) is 88.9 Å². The SMILES string of the molecule is Cc1ccc(-n2cnnc2SC(C)C(=O)NC(=O)NC2CC2)c(C)c1. The number of imide groups is 1. The van der Waals surface area contributed by atoms with E-state index in [2.05, 4.69) is 26.9 Å². The van der Waals surface area contributed by atoms with Gasteiger partial charge in [-0.1, -0.05) is 29.5 Å². The highest BCUT2D eigenvalue weighted by Gasteiger charge is 2.25. The lowest BCUT2D eigenvalue weighted by Crippen LogP contribution is -2.43. The van der Waals surface area contributed by atoms with E-state index in [1.165, 1.54) is 17.3 Å². The summed E-state index contributed by atoms with van der Waals surface area (Å²) < 4.78 is 1.85. The van der Waals surface area contributed by atoms with E-state index >= 15 is 0 Å². The second-order valence-electron chi connectivity index (χ2n) is 6.27. The van der Waals surface area contributed by atoms with Gasteiger partial charge in [-0.25, -0.2) is 4.79 Å². The summed E-state index contributed by atoms with van der Waals surface area (Å²) in [7, 11) is 0. The standard InChI is InChI=1S/C17H21N5O2S/c1-10-4-7-14(11(2)8-10)22-9-18-21-17(22)25-12(3)15(23)20-16(24)19-13-5-6-13/h4,7-9,12-13H,5-6H2,1-3H3,(H2,19,20,23,24). The Bertz CT molecular complexity index is 800. The number of nitrogens with one attached hydrogen (secondary N) is 2. The number of hydrogen-bond acceptors (Lipinski definition) is 5. The van der Waals surface area contributed by atoms with Crippen LogP contribution >= 0.6 is 11.8 Å². The van der Waals surface area contributed by atoms with Crippen LogP contribution in [0.2, 0.25) is 0 Å². The van der Waals surface area contributed by atoms with E-state index in [1.54, 1.807) is 13.3 Å². The summed E-state index contributed by atoms with van der Waals surface area (Å²) in [6.45, 7) is 5.80. The molecule has 25 heavy (non-hydrogen) atoms. The lowest BCUT2D eigenvalue weighted by atomic mass is 10.1. The third-order valence-corrected chi connectivity index (χ3v) is 4.99. The summed E-state index contributed by atoms with van der Waals surface area (Å²) in [6, 6.07) is 5.89. The van der Waals surface area contributed by atoms with E-state index in [4.69, 9.17) is 0 Å². The van der Waals surface area contributed by atoms with Gasteiger partial charge in [-0.05, 0) is 45.2 Å². The molecule has 3 rings (SSSR count). The van der Waals surface area contributed by atoms with Crippen molar-refractivity contribution in [1.82, 2.24) is 25.4 Å². The average molecular weight is 359 g/mol. The fraction of sp³-hybridized carbons (Fsp3) is 0.412. The lowest BCUT2D eigenvalue weighted by molar-refractivity contribution is -0.119. The summed E-state index contributed by atoms with van der Waals surface area (Å²) in [5.41, 5.74) is 3.25. The van der Waals surface area contributed by atoms with Gasteiger partial charge in [0, 0.05) is 6.04 Å². The zero-order chi connectivity index (χ0) is 18.0. The first-order valence-electron chi connectivity index (χ1n) is 8.19. The highest BCUT2D eigenvalue weighted by atomic mass is 32.2. The van der Waals surface area contributed by atoms with Crippen molar-refractivity contribution in [3.05, 3.63) is 35.7 Å². The van der Waals surface area contributed by atoms with Gasteiger partial charge in [0.05, 0.1) is 10.9 Å². The fourth-order valence-corrected chi connectivity index (χ4v) is 3.26. The molecule has 1 aliphatic rings. The van der Waals surface area contributed by atoms with E-state index in [0.717, 1.165) is 24.1 Å². The summed E-state index contributed by atoms with van der Waals surface area (Å²) >= 11 is 1.27. The van der Waals surface area contributed by atoms with Gasteiger partial charge in [-0.2, -0.15) is 0 Å².